The van der Waals surface area contributed by atoms with E-state index in [1.54, 1.807) is 38.5 Å². The molecule has 35 heavy (non-hydrogen) atoms. The summed E-state index contributed by atoms with van der Waals surface area (Å²) >= 11 is 0. The van der Waals surface area contributed by atoms with Gasteiger partial charge in [0.15, 0.2) is 11.5 Å². The number of carbonyl (C=O) groups excluding carboxylic acids is 2. The third-order valence-corrected chi connectivity index (χ3v) is 5.85. The van der Waals surface area contributed by atoms with Gasteiger partial charge in [0.2, 0.25) is 0 Å². The largest absolute Gasteiger partial charge is 0.493 e. The number of amides is 2. The molecule has 1 atom stereocenters. The Morgan fingerprint density at radius 2 is 1.66 bits per heavy atom. The maximum atomic E-state index is 12.8. The van der Waals surface area contributed by atoms with E-state index < -0.39 is 12.0 Å². The average molecular weight is 474 g/mol. The summed E-state index contributed by atoms with van der Waals surface area (Å²) in [6, 6.07) is 20.0. The number of aromatic amines is 1. The van der Waals surface area contributed by atoms with Crippen molar-refractivity contribution in [1.29, 1.82) is 0 Å². The van der Waals surface area contributed by atoms with Gasteiger partial charge in [0.05, 0.1) is 32.6 Å². The molecule has 8 nitrogen and oxygen atoms in total. The molecule has 0 aliphatic carbocycles. The lowest BCUT2D eigenvalue weighted by Crippen LogP contribution is -2.33. The molecule has 1 aromatic heterocycles. The number of nitrogens with one attached hydrogen (secondary N) is 3. The Kier molecular flexibility index (Phi) is 7.21. The lowest BCUT2D eigenvalue weighted by Gasteiger charge is -2.20. The van der Waals surface area contributed by atoms with Crippen molar-refractivity contribution >= 4 is 28.6 Å². The van der Waals surface area contributed by atoms with Gasteiger partial charge in [-0.15, -0.1) is 0 Å². The highest BCUT2D eigenvalue weighted by atomic mass is 16.5. The van der Waals surface area contributed by atoms with E-state index in [2.05, 4.69) is 15.6 Å². The number of hydrogen-bond acceptors (Lipinski definition) is 5. The number of ether oxygens (including phenoxy) is 3. The second-order valence-corrected chi connectivity index (χ2v) is 7.83. The first-order valence-electron chi connectivity index (χ1n) is 11.1. The summed E-state index contributed by atoms with van der Waals surface area (Å²) in [4.78, 5) is 28.2. The molecule has 0 unspecified atom stereocenters. The molecule has 0 radical (unpaired) electrons. The third kappa shape index (κ3) is 5.06. The Labute approximate surface area is 203 Å². The number of fused-ring (bicyclic) bond motifs is 1. The van der Waals surface area contributed by atoms with E-state index in [0.29, 0.717) is 23.7 Å². The van der Waals surface area contributed by atoms with Crippen LogP contribution in [0.4, 0.5) is 10.5 Å². The monoisotopic (exact) mass is 473 g/mol. The number of H-pyrrole nitrogens is 1. The molecule has 1 heterocycles. The van der Waals surface area contributed by atoms with Crippen molar-refractivity contribution in [1.82, 2.24) is 10.3 Å². The van der Waals surface area contributed by atoms with Crippen LogP contribution in [-0.4, -0.2) is 44.9 Å². The van der Waals surface area contributed by atoms with E-state index in [-0.39, 0.29) is 11.5 Å². The minimum absolute atomic E-state index is 0.187. The molecule has 0 bridgehead atoms. The Bertz CT molecular complexity index is 1350. The normalized spacial score (nSPS) is 11.5. The SMILES string of the molecule is COC(=O)c1ccccc1NC(=O)NC[C@@H](c1ccc(OC)c(OC)c1)c1c[nH]c2ccccc12. The quantitative estimate of drug-likeness (QED) is 0.315. The second-order valence-electron chi connectivity index (χ2n) is 7.83. The van der Waals surface area contributed by atoms with Gasteiger partial charge in [-0.2, -0.15) is 0 Å². The first kappa shape index (κ1) is 23.7. The van der Waals surface area contributed by atoms with E-state index in [9.17, 15) is 9.59 Å². The van der Waals surface area contributed by atoms with Crippen LogP contribution in [0.25, 0.3) is 10.9 Å². The summed E-state index contributed by atoms with van der Waals surface area (Å²) in [5.74, 6) is 0.515. The average Bonchev–Trinajstić information content (AvgIpc) is 3.32. The molecule has 0 aliphatic rings. The number of hydrogen-bond donors (Lipinski definition) is 3. The molecule has 0 fully saturated rings. The molecule has 0 spiro atoms. The fourth-order valence-corrected chi connectivity index (χ4v) is 4.10. The van der Waals surface area contributed by atoms with Crippen LogP contribution in [0.3, 0.4) is 0 Å². The van der Waals surface area contributed by atoms with Gasteiger partial charge >= 0.3 is 12.0 Å². The molecule has 180 valence electrons. The first-order chi connectivity index (χ1) is 17.0. The molecule has 2 amide bonds. The van der Waals surface area contributed by atoms with Gasteiger partial charge in [-0.25, -0.2) is 9.59 Å². The van der Waals surface area contributed by atoms with Gasteiger partial charge < -0.3 is 29.8 Å². The Hall–Kier alpha value is -4.46. The number of anilines is 1. The zero-order valence-electron chi connectivity index (χ0n) is 19.8. The highest BCUT2D eigenvalue weighted by Gasteiger charge is 2.21. The molecular weight excluding hydrogens is 446 g/mol. The van der Waals surface area contributed by atoms with Crippen molar-refractivity contribution in [3.05, 3.63) is 89.6 Å². The van der Waals surface area contributed by atoms with Gasteiger partial charge in [-0.3, -0.25) is 0 Å². The number of rotatable bonds is 8. The number of aromatic nitrogens is 1. The Balaban J connectivity index is 1.62. The summed E-state index contributed by atoms with van der Waals surface area (Å²) < 4.78 is 15.7. The first-order valence-corrected chi connectivity index (χ1v) is 11.1. The number of carbonyl (C=O) groups is 2. The molecule has 4 aromatic rings. The summed E-state index contributed by atoms with van der Waals surface area (Å²) in [6.45, 7) is 0.295. The molecule has 3 N–H and O–H groups in total. The maximum absolute atomic E-state index is 12.8. The van der Waals surface area contributed by atoms with E-state index >= 15 is 0 Å². The van der Waals surface area contributed by atoms with Crippen LogP contribution in [0.5, 0.6) is 11.5 Å². The van der Waals surface area contributed by atoms with Crippen molar-refractivity contribution in [3.8, 4) is 11.5 Å². The minimum Gasteiger partial charge on any atom is -0.493 e. The van der Waals surface area contributed by atoms with Crippen LogP contribution < -0.4 is 20.1 Å². The molecule has 0 aliphatic heterocycles. The van der Waals surface area contributed by atoms with E-state index in [0.717, 1.165) is 22.0 Å². The number of esters is 1. The predicted molar refractivity (Wildman–Crippen MR) is 134 cm³/mol. The zero-order valence-corrected chi connectivity index (χ0v) is 19.8. The highest BCUT2D eigenvalue weighted by molar-refractivity contribution is 6.00. The van der Waals surface area contributed by atoms with Gasteiger partial charge in [0.25, 0.3) is 0 Å². The van der Waals surface area contributed by atoms with Crippen molar-refractivity contribution in [2.45, 2.75) is 5.92 Å². The fraction of sp³-hybridized carbons (Fsp3) is 0.185. The zero-order chi connectivity index (χ0) is 24.8. The molecule has 0 saturated carbocycles. The molecule has 3 aromatic carbocycles. The van der Waals surface area contributed by atoms with E-state index in [4.69, 9.17) is 14.2 Å². The molecular formula is C27H27N3O5. The predicted octanol–water partition coefficient (Wildman–Crippen LogP) is 4.93. The van der Waals surface area contributed by atoms with Crippen LogP contribution in [0.15, 0.2) is 72.9 Å². The second kappa shape index (κ2) is 10.6. The minimum atomic E-state index is -0.525. The van der Waals surface area contributed by atoms with Crippen LogP contribution in [-0.2, 0) is 4.74 Å². The summed E-state index contributed by atoms with van der Waals surface area (Å²) in [6.07, 6.45) is 1.96. The lowest BCUT2D eigenvalue weighted by molar-refractivity contribution is 0.0602. The standard InChI is InChI=1S/C27H27N3O5/c1-33-24-13-12-17(14-25(24)34-2)20(21-16-28-22-10-6-4-8-18(21)22)15-29-27(32)30-23-11-7-5-9-19(23)26(31)35-3/h4-14,16,20,28H,15H2,1-3H3,(H2,29,30,32)/t20-/m0/s1. The van der Waals surface area contributed by atoms with Crippen LogP contribution in [0.1, 0.15) is 27.4 Å². The number of para-hydroxylation sites is 2. The number of benzene rings is 3. The van der Waals surface area contributed by atoms with Gasteiger partial charge in [-0.05, 0) is 41.5 Å². The number of urea groups is 1. The smallest absolute Gasteiger partial charge is 0.339 e. The van der Waals surface area contributed by atoms with Crippen molar-refractivity contribution in [2.24, 2.45) is 0 Å². The Morgan fingerprint density at radius 1 is 0.914 bits per heavy atom. The van der Waals surface area contributed by atoms with E-state index in [1.165, 1.54) is 7.11 Å². The van der Waals surface area contributed by atoms with Crippen LogP contribution >= 0.6 is 0 Å². The number of methoxy groups -OCH3 is 3. The highest BCUT2D eigenvalue weighted by Crippen LogP contribution is 2.35. The Morgan fingerprint density at radius 3 is 2.43 bits per heavy atom. The third-order valence-electron chi connectivity index (χ3n) is 5.85. The van der Waals surface area contributed by atoms with Crippen molar-refractivity contribution in [3.63, 3.8) is 0 Å². The summed E-state index contributed by atoms with van der Waals surface area (Å²) in [5, 5.41) is 6.76. The fourth-order valence-electron chi connectivity index (χ4n) is 4.10. The lowest BCUT2D eigenvalue weighted by atomic mass is 9.90. The van der Waals surface area contributed by atoms with Gasteiger partial charge in [-0.1, -0.05) is 36.4 Å². The topological polar surface area (TPSA) is 102 Å². The maximum Gasteiger partial charge on any atom is 0.339 e. The van der Waals surface area contributed by atoms with E-state index in [1.807, 2.05) is 48.7 Å². The summed E-state index contributed by atoms with van der Waals surface area (Å²) in [5.41, 5.74) is 3.63. The van der Waals surface area contributed by atoms with Gasteiger partial charge in [0, 0.05) is 29.6 Å². The molecule has 4 rings (SSSR count). The molecule has 8 heteroatoms. The van der Waals surface area contributed by atoms with Crippen LogP contribution in [0, 0.1) is 0 Å². The summed E-state index contributed by atoms with van der Waals surface area (Å²) in [7, 11) is 4.48. The molecule has 0 saturated heterocycles. The van der Waals surface area contributed by atoms with Crippen LogP contribution in [0.2, 0.25) is 0 Å². The van der Waals surface area contributed by atoms with Crippen molar-refractivity contribution < 1.29 is 23.8 Å². The van der Waals surface area contributed by atoms with Crippen molar-refractivity contribution in [2.75, 3.05) is 33.2 Å². The van der Waals surface area contributed by atoms with Gasteiger partial charge in [0.1, 0.15) is 0 Å².